The molecule has 0 saturated carbocycles. The van der Waals surface area contributed by atoms with E-state index in [-0.39, 0.29) is 12.5 Å². The Morgan fingerprint density at radius 2 is 1.83 bits per heavy atom. The topological polar surface area (TPSA) is 50.4 Å². The van der Waals surface area contributed by atoms with Crippen molar-refractivity contribution in [1.82, 2.24) is 0 Å². The molecule has 0 fully saturated rings. The van der Waals surface area contributed by atoms with E-state index in [1.807, 2.05) is 74.5 Å². The SMILES string of the molecule is Cc1ccc(C)c(NC(=O)COc2ccc(CNc3ccccc3Cl)cc2Br)c1. The molecule has 0 saturated heterocycles. The third-order valence-corrected chi connectivity index (χ3v) is 5.33. The number of hydrogen-bond acceptors (Lipinski definition) is 3. The number of amides is 1. The molecule has 0 heterocycles. The second-order valence-corrected chi connectivity index (χ2v) is 8.01. The van der Waals surface area contributed by atoms with Gasteiger partial charge in [0.2, 0.25) is 0 Å². The van der Waals surface area contributed by atoms with Crippen LogP contribution in [0.15, 0.2) is 65.1 Å². The highest BCUT2D eigenvalue weighted by Crippen LogP contribution is 2.27. The number of rotatable bonds is 7. The van der Waals surface area contributed by atoms with Crippen LogP contribution in [0.1, 0.15) is 16.7 Å². The predicted molar refractivity (Wildman–Crippen MR) is 123 cm³/mol. The van der Waals surface area contributed by atoms with Crippen molar-refractivity contribution in [3.8, 4) is 5.75 Å². The molecule has 2 N–H and O–H groups in total. The first-order valence-corrected chi connectivity index (χ1v) is 10.4. The quantitative estimate of drug-likeness (QED) is 0.420. The number of para-hydroxylation sites is 1. The van der Waals surface area contributed by atoms with Crippen molar-refractivity contribution >= 4 is 44.8 Å². The Kier molecular flexibility index (Phi) is 7.18. The number of halogens is 2. The summed E-state index contributed by atoms with van der Waals surface area (Å²) in [6, 6.07) is 19.3. The average molecular weight is 474 g/mol. The number of aryl methyl sites for hydroxylation is 2. The molecule has 0 aliphatic carbocycles. The Labute approximate surface area is 184 Å². The number of benzene rings is 3. The number of carbonyl (C=O) groups is 1. The standard InChI is InChI=1S/C23H22BrClN2O2/c1-15-7-8-16(2)21(11-15)27-23(28)14-29-22-10-9-17(12-18(22)24)13-26-20-6-4-3-5-19(20)25/h3-12,26H,13-14H2,1-2H3,(H,27,28). The molecule has 0 unspecified atom stereocenters. The van der Waals surface area contributed by atoms with E-state index >= 15 is 0 Å². The molecule has 4 nitrogen and oxygen atoms in total. The molecule has 0 spiro atoms. The number of nitrogens with one attached hydrogen (secondary N) is 2. The lowest BCUT2D eigenvalue weighted by atomic mass is 10.1. The number of ether oxygens (including phenoxy) is 1. The minimum atomic E-state index is -0.199. The van der Waals surface area contributed by atoms with Gasteiger partial charge in [-0.2, -0.15) is 0 Å². The van der Waals surface area contributed by atoms with E-state index in [1.54, 1.807) is 0 Å². The van der Waals surface area contributed by atoms with Gasteiger partial charge in [0.15, 0.2) is 6.61 Å². The summed E-state index contributed by atoms with van der Waals surface area (Å²) in [4.78, 5) is 12.2. The van der Waals surface area contributed by atoms with Crippen LogP contribution in [0.2, 0.25) is 5.02 Å². The van der Waals surface area contributed by atoms with E-state index in [2.05, 4.69) is 26.6 Å². The monoisotopic (exact) mass is 472 g/mol. The fourth-order valence-corrected chi connectivity index (χ4v) is 3.52. The Balaban J connectivity index is 1.55. The van der Waals surface area contributed by atoms with Gasteiger partial charge in [-0.05, 0) is 76.8 Å². The molecule has 3 aromatic rings. The molecule has 6 heteroatoms. The molecule has 0 atom stereocenters. The summed E-state index contributed by atoms with van der Waals surface area (Å²) in [5, 5.41) is 6.88. The molecule has 0 aliphatic rings. The van der Waals surface area contributed by atoms with Gasteiger partial charge < -0.3 is 15.4 Å². The van der Waals surface area contributed by atoms with Gasteiger partial charge in [-0.15, -0.1) is 0 Å². The molecule has 1 amide bonds. The fourth-order valence-electron chi connectivity index (χ4n) is 2.77. The van der Waals surface area contributed by atoms with Crippen molar-refractivity contribution < 1.29 is 9.53 Å². The maximum Gasteiger partial charge on any atom is 0.262 e. The van der Waals surface area contributed by atoms with Crippen LogP contribution in [-0.2, 0) is 11.3 Å². The van der Waals surface area contributed by atoms with Crippen molar-refractivity contribution in [2.24, 2.45) is 0 Å². The maximum atomic E-state index is 12.2. The first kappa shape index (κ1) is 21.2. The molecule has 0 aliphatic heterocycles. The second-order valence-electron chi connectivity index (χ2n) is 6.75. The minimum Gasteiger partial charge on any atom is -0.483 e. The van der Waals surface area contributed by atoms with Gasteiger partial charge in [0.05, 0.1) is 15.2 Å². The highest BCUT2D eigenvalue weighted by molar-refractivity contribution is 9.10. The van der Waals surface area contributed by atoms with Crippen LogP contribution in [0.5, 0.6) is 5.75 Å². The highest BCUT2D eigenvalue weighted by Gasteiger charge is 2.09. The summed E-state index contributed by atoms with van der Waals surface area (Å²) in [6.07, 6.45) is 0. The zero-order valence-corrected chi connectivity index (χ0v) is 18.6. The molecule has 29 heavy (non-hydrogen) atoms. The molecular formula is C23H22BrClN2O2. The summed E-state index contributed by atoms with van der Waals surface area (Å²) in [5.74, 6) is 0.415. The number of carbonyl (C=O) groups excluding carboxylic acids is 1. The smallest absolute Gasteiger partial charge is 0.262 e. The van der Waals surface area contributed by atoms with Crippen LogP contribution in [-0.4, -0.2) is 12.5 Å². The van der Waals surface area contributed by atoms with Gasteiger partial charge in [-0.3, -0.25) is 4.79 Å². The fraction of sp³-hybridized carbons (Fsp3) is 0.174. The number of hydrogen-bond donors (Lipinski definition) is 2. The molecule has 0 aromatic heterocycles. The third-order valence-electron chi connectivity index (χ3n) is 4.38. The van der Waals surface area contributed by atoms with Crippen LogP contribution in [0.25, 0.3) is 0 Å². The lowest BCUT2D eigenvalue weighted by Gasteiger charge is -2.13. The van der Waals surface area contributed by atoms with Gasteiger partial charge in [-0.25, -0.2) is 0 Å². The summed E-state index contributed by atoms with van der Waals surface area (Å²) in [5.41, 5.74) is 4.85. The van der Waals surface area contributed by atoms with E-state index in [0.717, 1.165) is 32.5 Å². The van der Waals surface area contributed by atoms with Gasteiger partial charge in [0.25, 0.3) is 5.91 Å². The largest absolute Gasteiger partial charge is 0.483 e. The van der Waals surface area contributed by atoms with Gasteiger partial charge in [0, 0.05) is 12.2 Å². The third kappa shape index (κ3) is 5.99. The van der Waals surface area contributed by atoms with E-state index < -0.39 is 0 Å². The second kappa shape index (κ2) is 9.81. The van der Waals surface area contributed by atoms with Crippen molar-refractivity contribution in [3.05, 3.63) is 86.8 Å². The maximum absolute atomic E-state index is 12.2. The van der Waals surface area contributed by atoms with Crippen LogP contribution < -0.4 is 15.4 Å². The lowest BCUT2D eigenvalue weighted by molar-refractivity contribution is -0.118. The first-order valence-electron chi connectivity index (χ1n) is 9.19. The molecular weight excluding hydrogens is 452 g/mol. The lowest BCUT2D eigenvalue weighted by Crippen LogP contribution is -2.20. The predicted octanol–water partition coefficient (Wildman–Crippen LogP) is 6.35. The van der Waals surface area contributed by atoms with Crippen LogP contribution >= 0.6 is 27.5 Å². The normalized spacial score (nSPS) is 10.5. The molecule has 0 radical (unpaired) electrons. The van der Waals surface area contributed by atoms with Gasteiger partial charge >= 0.3 is 0 Å². The van der Waals surface area contributed by atoms with Crippen molar-refractivity contribution in [2.45, 2.75) is 20.4 Å². The Morgan fingerprint density at radius 1 is 1.03 bits per heavy atom. The van der Waals surface area contributed by atoms with Crippen LogP contribution in [0.3, 0.4) is 0 Å². The first-order chi connectivity index (χ1) is 13.9. The number of anilines is 2. The van der Waals surface area contributed by atoms with E-state index in [9.17, 15) is 4.79 Å². The van der Waals surface area contributed by atoms with Crippen LogP contribution in [0, 0.1) is 13.8 Å². The summed E-state index contributed by atoms with van der Waals surface area (Å²) < 4.78 is 6.46. The van der Waals surface area contributed by atoms with E-state index in [0.29, 0.717) is 17.3 Å². The van der Waals surface area contributed by atoms with Gasteiger partial charge in [0.1, 0.15) is 5.75 Å². The Hall–Kier alpha value is -2.50. The Morgan fingerprint density at radius 3 is 2.59 bits per heavy atom. The van der Waals surface area contributed by atoms with Gasteiger partial charge in [-0.1, -0.05) is 41.9 Å². The Bertz CT molecular complexity index is 1020. The summed E-state index contributed by atoms with van der Waals surface area (Å²) in [6.45, 7) is 4.51. The molecule has 3 rings (SSSR count). The van der Waals surface area contributed by atoms with Crippen LogP contribution in [0.4, 0.5) is 11.4 Å². The molecule has 3 aromatic carbocycles. The van der Waals surface area contributed by atoms with Crippen molar-refractivity contribution in [2.75, 3.05) is 17.2 Å². The highest BCUT2D eigenvalue weighted by atomic mass is 79.9. The van der Waals surface area contributed by atoms with Crippen molar-refractivity contribution in [1.29, 1.82) is 0 Å². The zero-order valence-electron chi connectivity index (χ0n) is 16.3. The zero-order chi connectivity index (χ0) is 20.8. The van der Waals surface area contributed by atoms with E-state index in [1.165, 1.54) is 0 Å². The van der Waals surface area contributed by atoms with Crippen molar-refractivity contribution in [3.63, 3.8) is 0 Å². The molecule has 150 valence electrons. The average Bonchev–Trinajstić information content (AvgIpc) is 2.69. The summed E-state index contributed by atoms with van der Waals surface area (Å²) in [7, 11) is 0. The minimum absolute atomic E-state index is 0.0663. The van der Waals surface area contributed by atoms with E-state index in [4.69, 9.17) is 16.3 Å². The molecule has 0 bridgehead atoms. The summed E-state index contributed by atoms with van der Waals surface area (Å²) >= 11 is 9.68.